The van der Waals surface area contributed by atoms with Gasteiger partial charge in [0.1, 0.15) is 23.5 Å². The maximum absolute atomic E-state index is 5.84. The first kappa shape index (κ1) is 11.3. The highest BCUT2D eigenvalue weighted by Crippen LogP contribution is 2.31. The van der Waals surface area contributed by atoms with Crippen LogP contribution in [0.2, 0.25) is 0 Å². The van der Waals surface area contributed by atoms with Gasteiger partial charge in [-0.25, -0.2) is 15.0 Å². The number of rotatable bonds is 4. The summed E-state index contributed by atoms with van der Waals surface area (Å²) in [6.45, 7) is 2.10. The minimum atomic E-state index is 0.559. The largest absolute Gasteiger partial charge is 0.383 e. The van der Waals surface area contributed by atoms with Gasteiger partial charge in [0.2, 0.25) is 0 Å². The van der Waals surface area contributed by atoms with Gasteiger partial charge in [0.25, 0.3) is 0 Å². The van der Waals surface area contributed by atoms with Crippen LogP contribution in [0.3, 0.4) is 0 Å². The van der Waals surface area contributed by atoms with E-state index in [1.54, 1.807) is 0 Å². The summed E-state index contributed by atoms with van der Waals surface area (Å²) in [6.07, 6.45) is 4.92. The van der Waals surface area contributed by atoms with E-state index in [1.165, 1.54) is 35.9 Å². The Morgan fingerprint density at radius 1 is 1.31 bits per heavy atom. The smallest absolute Gasteiger partial charge is 0.176 e. The molecule has 5 nitrogen and oxygen atoms in total. The van der Waals surface area contributed by atoms with E-state index in [0.717, 1.165) is 27.8 Å². The van der Waals surface area contributed by atoms with Crippen molar-refractivity contribution in [2.24, 2.45) is 0 Å². The van der Waals surface area contributed by atoms with Crippen molar-refractivity contribution in [2.75, 3.05) is 5.73 Å². The predicted molar refractivity (Wildman–Crippen MR) is 64.5 cm³/mol. The minimum Gasteiger partial charge on any atom is -0.383 e. The monoisotopic (exact) mass is 253 g/mol. The van der Waals surface area contributed by atoms with Crippen molar-refractivity contribution in [2.45, 2.75) is 29.1 Å². The molecule has 2 aromatic heterocycles. The third kappa shape index (κ3) is 2.48. The Hall–Kier alpha value is -1.21. The van der Waals surface area contributed by atoms with Crippen molar-refractivity contribution in [1.29, 1.82) is 0 Å². The molecule has 0 fully saturated rings. The molecule has 0 aromatic carbocycles. The summed E-state index contributed by atoms with van der Waals surface area (Å²) >= 11 is 2.84. The van der Waals surface area contributed by atoms with E-state index in [0.29, 0.717) is 5.82 Å². The molecule has 2 heterocycles. The van der Waals surface area contributed by atoms with Crippen LogP contribution in [0.5, 0.6) is 0 Å². The number of aromatic nitrogens is 4. The van der Waals surface area contributed by atoms with Gasteiger partial charge in [0.15, 0.2) is 4.34 Å². The summed E-state index contributed by atoms with van der Waals surface area (Å²) in [7, 11) is 0. The molecule has 16 heavy (non-hydrogen) atoms. The second-order valence-corrected chi connectivity index (χ2v) is 5.12. The van der Waals surface area contributed by atoms with E-state index in [2.05, 4.69) is 26.2 Å². The fourth-order valence-electron chi connectivity index (χ4n) is 1.27. The predicted octanol–water partition coefficient (Wildman–Crippen LogP) is 2.01. The fourth-order valence-corrected chi connectivity index (χ4v) is 2.76. The molecule has 0 atom stereocenters. The fraction of sp³-hybridized carbons (Fsp3) is 0.333. The third-order valence-corrected chi connectivity index (χ3v) is 3.72. The maximum Gasteiger partial charge on any atom is 0.176 e. The van der Waals surface area contributed by atoms with Gasteiger partial charge in [-0.2, -0.15) is 4.37 Å². The van der Waals surface area contributed by atoms with Crippen molar-refractivity contribution in [1.82, 2.24) is 19.3 Å². The lowest BCUT2D eigenvalue weighted by atomic mass is 10.2. The molecule has 0 amide bonds. The van der Waals surface area contributed by atoms with Crippen LogP contribution in [0.25, 0.3) is 0 Å². The third-order valence-electron chi connectivity index (χ3n) is 1.96. The van der Waals surface area contributed by atoms with Crippen molar-refractivity contribution >= 4 is 29.1 Å². The van der Waals surface area contributed by atoms with Gasteiger partial charge in [-0.05, 0) is 29.7 Å². The number of nitrogens with zero attached hydrogens (tertiary/aromatic N) is 4. The molecule has 2 aromatic rings. The number of hydrogen-bond donors (Lipinski definition) is 1. The lowest BCUT2D eigenvalue weighted by molar-refractivity contribution is 0.861. The zero-order valence-electron chi connectivity index (χ0n) is 8.75. The van der Waals surface area contributed by atoms with E-state index < -0.39 is 0 Å². The molecule has 0 aliphatic heterocycles. The summed E-state index contributed by atoms with van der Waals surface area (Å²) in [5.74, 6) is 0.559. The van der Waals surface area contributed by atoms with Crippen molar-refractivity contribution in [3.63, 3.8) is 0 Å². The molecular weight excluding hydrogens is 242 g/mol. The van der Waals surface area contributed by atoms with E-state index in [-0.39, 0.29) is 0 Å². The van der Waals surface area contributed by atoms with Gasteiger partial charge in [0.05, 0.1) is 0 Å². The quantitative estimate of drug-likeness (QED) is 0.840. The van der Waals surface area contributed by atoms with Gasteiger partial charge in [-0.3, -0.25) is 0 Å². The topological polar surface area (TPSA) is 77.6 Å². The Kier molecular flexibility index (Phi) is 3.68. The molecule has 2 N–H and O–H groups in total. The number of hydrogen-bond acceptors (Lipinski definition) is 7. The lowest BCUT2D eigenvalue weighted by Crippen LogP contribution is -2.01. The molecule has 84 valence electrons. The van der Waals surface area contributed by atoms with Crippen LogP contribution in [0, 0.1) is 0 Å². The highest BCUT2D eigenvalue weighted by Gasteiger charge is 2.11. The molecule has 7 heteroatoms. The van der Waals surface area contributed by atoms with E-state index in [9.17, 15) is 0 Å². The molecule has 0 spiro atoms. The van der Waals surface area contributed by atoms with Gasteiger partial charge in [-0.1, -0.05) is 13.3 Å². The van der Waals surface area contributed by atoms with Crippen LogP contribution in [0.15, 0.2) is 22.0 Å². The lowest BCUT2D eigenvalue weighted by Gasteiger charge is -2.07. The zero-order valence-corrected chi connectivity index (χ0v) is 10.4. The van der Waals surface area contributed by atoms with Crippen LogP contribution in [-0.4, -0.2) is 19.3 Å². The Balaban J connectivity index is 2.29. The van der Waals surface area contributed by atoms with Crippen molar-refractivity contribution in [3.8, 4) is 0 Å². The van der Waals surface area contributed by atoms with E-state index in [1.807, 2.05) is 0 Å². The Bertz CT molecular complexity index is 457. The Labute approximate surface area is 102 Å². The Morgan fingerprint density at radius 2 is 2.19 bits per heavy atom. The van der Waals surface area contributed by atoms with E-state index in [4.69, 9.17) is 5.73 Å². The van der Waals surface area contributed by atoms with E-state index >= 15 is 0 Å². The maximum atomic E-state index is 5.84. The summed E-state index contributed by atoms with van der Waals surface area (Å²) in [5, 5.41) is 0.881. The van der Waals surface area contributed by atoms with Gasteiger partial charge >= 0.3 is 0 Å². The summed E-state index contributed by atoms with van der Waals surface area (Å²) < 4.78 is 4.82. The SMILES string of the molecule is CCCc1c(N)ncnc1Sc1ncns1. The average Bonchev–Trinajstić information content (AvgIpc) is 2.76. The highest BCUT2D eigenvalue weighted by atomic mass is 32.2. The minimum absolute atomic E-state index is 0.559. The second-order valence-electron chi connectivity index (χ2n) is 3.10. The standard InChI is InChI=1S/C9H11N5S2/c1-2-3-6-7(10)11-4-12-8(6)15-9-13-5-14-16-9/h4-5H,2-3H2,1H3,(H2,10,11,12). The molecule has 0 bridgehead atoms. The summed E-state index contributed by atoms with van der Waals surface area (Å²) in [4.78, 5) is 12.4. The molecule has 0 aliphatic rings. The summed E-state index contributed by atoms with van der Waals surface area (Å²) in [6, 6.07) is 0. The molecule has 2 rings (SSSR count). The van der Waals surface area contributed by atoms with Gasteiger partial charge < -0.3 is 5.73 Å². The molecule has 0 unspecified atom stereocenters. The van der Waals surface area contributed by atoms with Crippen LogP contribution in [-0.2, 0) is 6.42 Å². The molecule has 0 aliphatic carbocycles. The second kappa shape index (κ2) is 5.22. The first-order valence-corrected chi connectivity index (χ1v) is 6.44. The molecule has 0 saturated heterocycles. The number of anilines is 1. The Morgan fingerprint density at radius 3 is 2.88 bits per heavy atom. The highest BCUT2D eigenvalue weighted by molar-refractivity contribution is 8.00. The van der Waals surface area contributed by atoms with Crippen LogP contribution in [0.1, 0.15) is 18.9 Å². The van der Waals surface area contributed by atoms with Crippen molar-refractivity contribution < 1.29 is 0 Å². The average molecular weight is 253 g/mol. The van der Waals surface area contributed by atoms with Crippen LogP contribution < -0.4 is 5.73 Å². The number of nitrogens with two attached hydrogens (primary N) is 1. The zero-order chi connectivity index (χ0) is 11.4. The van der Waals surface area contributed by atoms with Crippen LogP contribution in [0.4, 0.5) is 5.82 Å². The molecule has 0 saturated carbocycles. The normalized spacial score (nSPS) is 10.6. The first-order valence-electron chi connectivity index (χ1n) is 4.85. The first-order chi connectivity index (χ1) is 7.81. The van der Waals surface area contributed by atoms with Gasteiger partial charge in [0, 0.05) is 5.56 Å². The number of nitrogen functional groups attached to an aromatic ring is 1. The summed E-state index contributed by atoms with van der Waals surface area (Å²) in [5.41, 5.74) is 6.84. The van der Waals surface area contributed by atoms with Gasteiger partial charge in [-0.15, -0.1) is 0 Å². The van der Waals surface area contributed by atoms with Crippen LogP contribution >= 0.6 is 23.3 Å². The van der Waals surface area contributed by atoms with Crippen molar-refractivity contribution in [3.05, 3.63) is 18.2 Å². The molecule has 0 radical (unpaired) electrons. The molecular formula is C9H11N5S2.